The van der Waals surface area contributed by atoms with Crippen molar-refractivity contribution >= 4 is 46.6 Å². The molecule has 0 radical (unpaired) electrons. The maximum absolute atomic E-state index is 10.6. The van der Waals surface area contributed by atoms with Crippen LogP contribution in [0.4, 0.5) is 5.82 Å². The van der Waals surface area contributed by atoms with Gasteiger partial charge in [0.25, 0.3) is 0 Å². The second kappa shape index (κ2) is 5.87. The van der Waals surface area contributed by atoms with Crippen LogP contribution in [0, 0.1) is 0 Å². The fourth-order valence-corrected chi connectivity index (χ4v) is 2.49. The summed E-state index contributed by atoms with van der Waals surface area (Å²) in [4.78, 5) is 14.7. The highest BCUT2D eigenvalue weighted by Gasteiger charge is 2.15. The number of nitrogens with two attached hydrogens (primary N) is 1. The summed E-state index contributed by atoms with van der Waals surface area (Å²) in [5.74, 6) is -0.835. The van der Waals surface area contributed by atoms with Crippen LogP contribution < -0.4 is 5.73 Å². The van der Waals surface area contributed by atoms with Crippen molar-refractivity contribution in [2.45, 2.75) is 6.42 Å². The highest BCUT2D eigenvalue weighted by atomic mass is 35.5. The normalized spacial score (nSPS) is 10.6. The summed E-state index contributed by atoms with van der Waals surface area (Å²) >= 11 is 18.2. The lowest BCUT2D eigenvalue weighted by atomic mass is 10.1. The van der Waals surface area contributed by atoms with Crippen LogP contribution in [0.25, 0.3) is 11.1 Å². The Morgan fingerprint density at radius 1 is 1.15 bits per heavy atom. The van der Waals surface area contributed by atoms with Crippen molar-refractivity contribution in [3.8, 4) is 11.1 Å². The van der Waals surface area contributed by atoms with Crippen LogP contribution in [0.15, 0.2) is 24.3 Å². The molecule has 0 atom stereocenters. The standard InChI is InChI=1S/C13H9Cl3N2O2/c14-8-3-4-9(15)12(16)11(8)7-2-1-6(5-10(19)20)18-13(7)17/h1-4H,5H2,(H2,17,18)(H,19,20). The van der Waals surface area contributed by atoms with Crippen LogP contribution in [-0.4, -0.2) is 16.1 Å². The molecule has 0 spiro atoms. The van der Waals surface area contributed by atoms with Gasteiger partial charge < -0.3 is 10.8 Å². The van der Waals surface area contributed by atoms with E-state index in [-0.39, 0.29) is 17.3 Å². The SMILES string of the molecule is Nc1nc(CC(=O)O)ccc1-c1c(Cl)ccc(Cl)c1Cl. The molecular weight excluding hydrogens is 323 g/mol. The molecule has 0 saturated carbocycles. The van der Waals surface area contributed by atoms with E-state index in [0.29, 0.717) is 26.9 Å². The molecule has 0 amide bonds. The first-order valence-corrected chi connectivity index (χ1v) is 6.64. The van der Waals surface area contributed by atoms with E-state index in [1.165, 1.54) is 0 Å². The van der Waals surface area contributed by atoms with E-state index in [0.717, 1.165) is 0 Å². The number of nitrogens with zero attached hydrogens (tertiary/aromatic N) is 1. The van der Waals surface area contributed by atoms with Gasteiger partial charge >= 0.3 is 5.97 Å². The van der Waals surface area contributed by atoms with Crippen molar-refractivity contribution in [1.82, 2.24) is 4.98 Å². The van der Waals surface area contributed by atoms with E-state index in [4.69, 9.17) is 45.6 Å². The minimum Gasteiger partial charge on any atom is -0.481 e. The number of hydrogen-bond donors (Lipinski definition) is 2. The van der Waals surface area contributed by atoms with Gasteiger partial charge in [-0.3, -0.25) is 4.79 Å². The Labute approximate surface area is 130 Å². The lowest BCUT2D eigenvalue weighted by Gasteiger charge is -2.11. The van der Waals surface area contributed by atoms with Crippen molar-refractivity contribution in [1.29, 1.82) is 0 Å². The van der Waals surface area contributed by atoms with Crippen LogP contribution in [0.3, 0.4) is 0 Å². The Morgan fingerprint density at radius 2 is 1.80 bits per heavy atom. The number of carboxylic acids is 1. The Balaban J connectivity index is 2.54. The van der Waals surface area contributed by atoms with E-state index in [1.807, 2.05) is 0 Å². The zero-order valence-electron chi connectivity index (χ0n) is 10.0. The second-order valence-electron chi connectivity index (χ2n) is 4.02. The molecule has 20 heavy (non-hydrogen) atoms. The van der Waals surface area contributed by atoms with E-state index in [1.54, 1.807) is 24.3 Å². The number of halogens is 3. The summed E-state index contributed by atoms with van der Waals surface area (Å²) in [6, 6.07) is 6.38. The molecular formula is C13H9Cl3N2O2. The van der Waals surface area contributed by atoms with E-state index >= 15 is 0 Å². The number of carbonyl (C=O) groups is 1. The highest BCUT2D eigenvalue weighted by Crippen LogP contribution is 2.40. The average Bonchev–Trinajstić information content (AvgIpc) is 2.36. The number of hydrogen-bond acceptors (Lipinski definition) is 3. The van der Waals surface area contributed by atoms with E-state index in [2.05, 4.69) is 4.98 Å². The molecule has 104 valence electrons. The van der Waals surface area contributed by atoms with Gasteiger partial charge in [0, 0.05) is 11.1 Å². The van der Waals surface area contributed by atoms with Crippen LogP contribution in [0.1, 0.15) is 5.69 Å². The van der Waals surface area contributed by atoms with Gasteiger partial charge in [0.2, 0.25) is 0 Å². The third-order valence-corrected chi connectivity index (χ3v) is 3.75. The number of carboxylic acid groups (broad SMARTS) is 1. The van der Waals surface area contributed by atoms with Crippen molar-refractivity contribution in [2.75, 3.05) is 5.73 Å². The maximum atomic E-state index is 10.6. The molecule has 0 aliphatic rings. The third-order valence-electron chi connectivity index (χ3n) is 2.63. The minimum absolute atomic E-state index is 0.148. The molecule has 7 heteroatoms. The molecule has 0 bridgehead atoms. The Morgan fingerprint density at radius 3 is 2.40 bits per heavy atom. The number of pyridine rings is 1. The molecule has 0 saturated heterocycles. The molecule has 0 fully saturated rings. The van der Waals surface area contributed by atoms with Gasteiger partial charge in [0.05, 0.1) is 27.2 Å². The van der Waals surface area contributed by atoms with Gasteiger partial charge in [-0.2, -0.15) is 0 Å². The summed E-state index contributed by atoms with van der Waals surface area (Å²) < 4.78 is 0. The van der Waals surface area contributed by atoms with Gasteiger partial charge in [-0.05, 0) is 24.3 Å². The molecule has 0 unspecified atom stereocenters. The van der Waals surface area contributed by atoms with Crippen molar-refractivity contribution in [3.05, 3.63) is 45.0 Å². The van der Waals surface area contributed by atoms with Crippen LogP contribution >= 0.6 is 34.8 Å². The first kappa shape index (κ1) is 14.9. The monoisotopic (exact) mass is 330 g/mol. The van der Waals surface area contributed by atoms with Crippen molar-refractivity contribution in [2.24, 2.45) is 0 Å². The summed E-state index contributed by atoms with van der Waals surface area (Å²) in [7, 11) is 0. The summed E-state index contributed by atoms with van der Waals surface area (Å²) in [5, 5.41) is 9.74. The molecule has 1 aromatic carbocycles. The van der Waals surface area contributed by atoms with Gasteiger partial charge in [-0.25, -0.2) is 4.98 Å². The number of aliphatic carboxylic acids is 1. The van der Waals surface area contributed by atoms with Gasteiger partial charge in [-0.15, -0.1) is 0 Å². The summed E-state index contributed by atoms with van der Waals surface area (Å²) in [6.45, 7) is 0. The summed E-state index contributed by atoms with van der Waals surface area (Å²) in [5.41, 5.74) is 7.20. The lowest BCUT2D eigenvalue weighted by molar-refractivity contribution is -0.136. The number of anilines is 1. The number of aromatic nitrogens is 1. The molecule has 2 rings (SSSR count). The number of nitrogen functional groups attached to an aromatic ring is 1. The zero-order valence-corrected chi connectivity index (χ0v) is 12.3. The van der Waals surface area contributed by atoms with E-state index in [9.17, 15) is 4.79 Å². The molecule has 4 nitrogen and oxygen atoms in total. The fraction of sp³-hybridized carbons (Fsp3) is 0.0769. The van der Waals surface area contributed by atoms with Crippen LogP contribution in [0.2, 0.25) is 15.1 Å². The smallest absolute Gasteiger partial charge is 0.309 e. The quantitative estimate of drug-likeness (QED) is 0.836. The van der Waals surface area contributed by atoms with Crippen LogP contribution in [-0.2, 0) is 11.2 Å². The number of benzene rings is 1. The molecule has 1 aromatic heterocycles. The Kier molecular flexibility index (Phi) is 4.38. The first-order chi connectivity index (χ1) is 9.40. The van der Waals surface area contributed by atoms with Gasteiger partial charge in [0.1, 0.15) is 5.82 Å². The first-order valence-electron chi connectivity index (χ1n) is 5.51. The van der Waals surface area contributed by atoms with Crippen molar-refractivity contribution < 1.29 is 9.90 Å². The molecule has 2 aromatic rings. The van der Waals surface area contributed by atoms with Gasteiger partial charge in [0.15, 0.2) is 0 Å². The van der Waals surface area contributed by atoms with E-state index < -0.39 is 5.97 Å². The predicted molar refractivity (Wildman–Crippen MR) is 80.5 cm³/mol. The highest BCUT2D eigenvalue weighted by molar-refractivity contribution is 6.46. The third kappa shape index (κ3) is 2.98. The largest absolute Gasteiger partial charge is 0.481 e. The van der Waals surface area contributed by atoms with Crippen molar-refractivity contribution in [3.63, 3.8) is 0 Å². The molecule has 3 N–H and O–H groups in total. The average molecular weight is 332 g/mol. The van der Waals surface area contributed by atoms with Crippen LogP contribution in [0.5, 0.6) is 0 Å². The Hall–Kier alpha value is -1.49. The zero-order chi connectivity index (χ0) is 14.9. The lowest BCUT2D eigenvalue weighted by Crippen LogP contribution is -2.05. The molecule has 0 aliphatic carbocycles. The maximum Gasteiger partial charge on any atom is 0.309 e. The fourth-order valence-electron chi connectivity index (χ4n) is 1.76. The predicted octanol–water partition coefficient (Wildman–Crippen LogP) is 3.92. The Bertz CT molecular complexity index is 690. The number of rotatable bonds is 3. The topological polar surface area (TPSA) is 76.2 Å². The molecule has 1 heterocycles. The second-order valence-corrected chi connectivity index (χ2v) is 5.22. The molecule has 0 aliphatic heterocycles. The summed E-state index contributed by atoms with van der Waals surface area (Å²) in [6.07, 6.45) is -0.207. The minimum atomic E-state index is -0.983. The van der Waals surface area contributed by atoms with Gasteiger partial charge in [-0.1, -0.05) is 34.8 Å².